The van der Waals surface area contributed by atoms with E-state index in [-0.39, 0.29) is 5.75 Å². The predicted octanol–water partition coefficient (Wildman–Crippen LogP) is 3.09. The minimum atomic E-state index is -0.414. The van der Waals surface area contributed by atoms with Gasteiger partial charge in [-0.2, -0.15) is 0 Å². The zero-order valence-electron chi connectivity index (χ0n) is 11.1. The summed E-state index contributed by atoms with van der Waals surface area (Å²) in [6, 6.07) is 9.32. The minimum Gasteiger partial charge on any atom is -0.507 e. The number of phenolic OH excluding ortho intramolecular Hbond substituents is 1. The second-order valence-electron chi connectivity index (χ2n) is 4.51. The van der Waals surface area contributed by atoms with Crippen molar-refractivity contribution in [1.82, 2.24) is 9.55 Å². The molecule has 0 aliphatic rings. The van der Waals surface area contributed by atoms with Crippen molar-refractivity contribution in [3.8, 4) is 22.9 Å². The fraction of sp³-hybridized carbons (Fsp3) is 0.133. The van der Waals surface area contributed by atoms with Gasteiger partial charge in [-0.15, -0.1) is 0 Å². The molecule has 102 valence electrons. The first kappa shape index (κ1) is 12.5. The van der Waals surface area contributed by atoms with Gasteiger partial charge in [-0.1, -0.05) is 0 Å². The lowest BCUT2D eigenvalue weighted by molar-refractivity contribution is 0.415. The van der Waals surface area contributed by atoms with E-state index in [9.17, 15) is 9.50 Å². The highest BCUT2D eigenvalue weighted by molar-refractivity contribution is 5.83. The van der Waals surface area contributed by atoms with E-state index in [0.29, 0.717) is 17.1 Å². The molecule has 0 bridgehead atoms. The van der Waals surface area contributed by atoms with Crippen LogP contribution in [0, 0.1) is 5.82 Å². The molecule has 0 unspecified atom stereocenters. The molecule has 0 spiro atoms. The van der Waals surface area contributed by atoms with Gasteiger partial charge in [0, 0.05) is 13.1 Å². The predicted molar refractivity (Wildman–Crippen MR) is 74.3 cm³/mol. The van der Waals surface area contributed by atoms with Gasteiger partial charge in [-0.05, 0) is 30.3 Å². The third-order valence-electron chi connectivity index (χ3n) is 3.29. The summed E-state index contributed by atoms with van der Waals surface area (Å²) in [4.78, 5) is 4.45. The van der Waals surface area contributed by atoms with Crippen LogP contribution in [0.4, 0.5) is 4.39 Å². The van der Waals surface area contributed by atoms with Crippen LogP contribution in [-0.4, -0.2) is 21.8 Å². The first-order valence-corrected chi connectivity index (χ1v) is 6.09. The normalized spacial score (nSPS) is 10.9. The molecule has 5 heteroatoms. The lowest BCUT2D eigenvalue weighted by Gasteiger charge is -2.05. The van der Waals surface area contributed by atoms with E-state index < -0.39 is 5.82 Å². The highest BCUT2D eigenvalue weighted by Gasteiger charge is 2.14. The van der Waals surface area contributed by atoms with Crippen molar-refractivity contribution in [2.75, 3.05) is 7.11 Å². The van der Waals surface area contributed by atoms with Crippen LogP contribution >= 0.6 is 0 Å². The lowest BCUT2D eigenvalue weighted by Crippen LogP contribution is -1.93. The summed E-state index contributed by atoms with van der Waals surface area (Å²) in [6.45, 7) is 0. The van der Waals surface area contributed by atoms with Gasteiger partial charge in [0.2, 0.25) is 0 Å². The van der Waals surface area contributed by atoms with Crippen molar-refractivity contribution < 1.29 is 14.2 Å². The Morgan fingerprint density at radius 3 is 2.75 bits per heavy atom. The molecule has 20 heavy (non-hydrogen) atoms. The van der Waals surface area contributed by atoms with E-state index >= 15 is 0 Å². The fourth-order valence-electron chi connectivity index (χ4n) is 2.23. The molecular formula is C15H13FN2O2. The summed E-state index contributed by atoms with van der Waals surface area (Å²) in [5.41, 5.74) is 1.97. The number of benzene rings is 2. The van der Waals surface area contributed by atoms with Crippen molar-refractivity contribution in [2.45, 2.75) is 0 Å². The van der Waals surface area contributed by atoms with Gasteiger partial charge >= 0.3 is 0 Å². The number of fused-ring (bicyclic) bond motifs is 1. The van der Waals surface area contributed by atoms with E-state index in [4.69, 9.17) is 4.74 Å². The highest BCUT2D eigenvalue weighted by atomic mass is 19.1. The van der Waals surface area contributed by atoms with E-state index in [1.165, 1.54) is 18.2 Å². The van der Waals surface area contributed by atoms with Crippen LogP contribution in [0.2, 0.25) is 0 Å². The number of phenols is 1. The van der Waals surface area contributed by atoms with Gasteiger partial charge < -0.3 is 14.4 Å². The maximum atomic E-state index is 13.4. The van der Waals surface area contributed by atoms with Crippen molar-refractivity contribution in [1.29, 1.82) is 0 Å². The van der Waals surface area contributed by atoms with E-state index in [1.807, 2.05) is 23.7 Å². The van der Waals surface area contributed by atoms with E-state index in [2.05, 4.69) is 4.98 Å². The number of hydrogen-bond donors (Lipinski definition) is 1. The standard InChI is InChI=1S/C15H13FN2O2/c1-18-13-5-4-10(20-2)8-12(13)17-15(18)11-7-9(16)3-6-14(11)19/h3-8,19H,1-2H3. The highest BCUT2D eigenvalue weighted by Crippen LogP contribution is 2.32. The number of aromatic hydroxyl groups is 1. The van der Waals surface area contributed by atoms with Gasteiger partial charge in [0.25, 0.3) is 0 Å². The van der Waals surface area contributed by atoms with Crippen LogP contribution < -0.4 is 4.74 Å². The number of rotatable bonds is 2. The molecule has 1 heterocycles. The van der Waals surface area contributed by atoms with Gasteiger partial charge in [-0.3, -0.25) is 0 Å². The number of ether oxygens (including phenoxy) is 1. The molecule has 0 aliphatic carbocycles. The maximum Gasteiger partial charge on any atom is 0.144 e. The van der Waals surface area contributed by atoms with Crippen LogP contribution in [0.3, 0.4) is 0 Å². The largest absolute Gasteiger partial charge is 0.507 e. The van der Waals surface area contributed by atoms with Crippen LogP contribution in [0.25, 0.3) is 22.4 Å². The molecule has 0 saturated carbocycles. The van der Waals surface area contributed by atoms with Crippen LogP contribution in [0.5, 0.6) is 11.5 Å². The molecule has 3 rings (SSSR count). The van der Waals surface area contributed by atoms with Crippen molar-refractivity contribution in [2.24, 2.45) is 7.05 Å². The Morgan fingerprint density at radius 2 is 2.00 bits per heavy atom. The summed E-state index contributed by atoms with van der Waals surface area (Å²) in [5.74, 6) is 0.787. The first-order valence-electron chi connectivity index (χ1n) is 6.09. The molecule has 4 nitrogen and oxygen atoms in total. The summed E-state index contributed by atoms with van der Waals surface area (Å²) >= 11 is 0. The smallest absolute Gasteiger partial charge is 0.144 e. The average Bonchev–Trinajstić information content (AvgIpc) is 2.78. The molecule has 0 saturated heterocycles. The number of methoxy groups -OCH3 is 1. The SMILES string of the molecule is COc1ccc2c(c1)nc(-c1cc(F)ccc1O)n2C. The second-order valence-corrected chi connectivity index (χ2v) is 4.51. The fourth-order valence-corrected chi connectivity index (χ4v) is 2.23. The van der Waals surface area contributed by atoms with Crippen molar-refractivity contribution >= 4 is 11.0 Å². The van der Waals surface area contributed by atoms with Gasteiger partial charge in [-0.25, -0.2) is 9.37 Å². The van der Waals surface area contributed by atoms with Gasteiger partial charge in [0.05, 0.1) is 23.7 Å². The van der Waals surface area contributed by atoms with E-state index in [0.717, 1.165) is 11.0 Å². The summed E-state index contributed by atoms with van der Waals surface area (Å²) in [6.07, 6.45) is 0. The molecule has 0 amide bonds. The molecule has 0 radical (unpaired) electrons. The summed E-state index contributed by atoms with van der Waals surface area (Å²) < 4.78 is 20.3. The third-order valence-corrected chi connectivity index (χ3v) is 3.29. The molecule has 0 atom stereocenters. The topological polar surface area (TPSA) is 47.3 Å². The molecule has 0 fully saturated rings. The lowest BCUT2D eigenvalue weighted by atomic mass is 10.2. The zero-order chi connectivity index (χ0) is 14.3. The Kier molecular flexibility index (Phi) is 2.82. The second kappa shape index (κ2) is 4.52. The third kappa shape index (κ3) is 1.87. The maximum absolute atomic E-state index is 13.4. The number of nitrogens with zero attached hydrogens (tertiary/aromatic N) is 2. The minimum absolute atomic E-state index is 0.00299. The number of imidazole rings is 1. The quantitative estimate of drug-likeness (QED) is 0.779. The zero-order valence-corrected chi connectivity index (χ0v) is 11.1. The molecule has 2 aromatic carbocycles. The van der Waals surface area contributed by atoms with E-state index in [1.54, 1.807) is 13.2 Å². The Morgan fingerprint density at radius 1 is 1.20 bits per heavy atom. The number of hydrogen-bond acceptors (Lipinski definition) is 3. The number of aromatic nitrogens is 2. The Balaban J connectivity index is 2.26. The summed E-state index contributed by atoms with van der Waals surface area (Å²) in [7, 11) is 3.41. The monoisotopic (exact) mass is 272 g/mol. The molecular weight excluding hydrogens is 259 g/mol. The van der Waals surface area contributed by atoms with Crippen molar-refractivity contribution in [3.63, 3.8) is 0 Å². The van der Waals surface area contributed by atoms with Crippen molar-refractivity contribution in [3.05, 3.63) is 42.2 Å². The average molecular weight is 272 g/mol. The van der Waals surface area contributed by atoms with Gasteiger partial charge in [0.1, 0.15) is 23.1 Å². The number of aryl methyl sites for hydroxylation is 1. The Hall–Kier alpha value is -2.56. The molecule has 3 aromatic rings. The molecule has 0 aliphatic heterocycles. The Labute approximate surface area is 115 Å². The molecule has 1 N–H and O–H groups in total. The first-order chi connectivity index (χ1) is 9.60. The number of halogens is 1. The van der Waals surface area contributed by atoms with Crippen LogP contribution in [0.1, 0.15) is 0 Å². The van der Waals surface area contributed by atoms with Crippen LogP contribution in [0.15, 0.2) is 36.4 Å². The Bertz CT molecular complexity index is 796. The molecule has 1 aromatic heterocycles. The van der Waals surface area contributed by atoms with Gasteiger partial charge in [0.15, 0.2) is 0 Å². The van der Waals surface area contributed by atoms with Crippen LogP contribution in [-0.2, 0) is 7.05 Å². The summed E-state index contributed by atoms with van der Waals surface area (Å²) in [5, 5.41) is 9.89.